The van der Waals surface area contributed by atoms with Crippen LogP contribution in [-0.4, -0.2) is 55.0 Å². The Hall–Kier alpha value is -2.33. The van der Waals surface area contributed by atoms with Crippen LogP contribution in [0.4, 0.5) is 0 Å². The van der Waals surface area contributed by atoms with Gasteiger partial charge in [-0.1, -0.05) is 24.3 Å². The van der Waals surface area contributed by atoms with E-state index in [0.717, 1.165) is 42.1 Å². The van der Waals surface area contributed by atoms with Crippen molar-refractivity contribution in [3.63, 3.8) is 0 Å². The maximum absolute atomic E-state index is 12.8. The molecule has 4 nitrogen and oxygen atoms in total. The van der Waals surface area contributed by atoms with Crippen LogP contribution in [0, 0.1) is 0 Å². The summed E-state index contributed by atoms with van der Waals surface area (Å²) in [6.07, 6.45) is 2.49. The lowest BCUT2D eigenvalue weighted by Crippen LogP contribution is -2.52. The Bertz CT molecular complexity index is 757. The predicted molar refractivity (Wildman–Crippen MR) is 98.9 cm³/mol. The number of methoxy groups -OCH3 is 1. The molecule has 25 heavy (non-hydrogen) atoms. The highest BCUT2D eigenvalue weighted by Crippen LogP contribution is 2.25. The van der Waals surface area contributed by atoms with E-state index in [2.05, 4.69) is 11.0 Å². The van der Waals surface area contributed by atoms with Gasteiger partial charge in [-0.2, -0.15) is 0 Å². The van der Waals surface area contributed by atoms with Crippen LogP contribution >= 0.6 is 0 Å². The molecule has 2 saturated heterocycles. The molecule has 2 aliphatic rings. The summed E-state index contributed by atoms with van der Waals surface area (Å²) in [5.41, 5.74) is 2.96. The summed E-state index contributed by atoms with van der Waals surface area (Å²) in [4.78, 5) is 17.4. The van der Waals surface area contributed by atoms with Crippen molar-refractivity contribution in [2.24, 2.45) is 0 Å². The third kappa shape index (κ3) is 3.27. The highest BCUT2D eigenvalue weighted by Gasteiger charge is 2.32. The Balaban J connectivity index is 1.48. The third-order valence-corrected chi connectivity index (χ3v) is 5.41. The minimum atomic E-state index is 0.156. The van der Waals surface area contributed by atoms with Gasteiger partial charge in [-0.25, -0.2) is 0 Å². The van der Waals surface area contributed by atoms with Crippen molar-refractivity contribution in [1.29, 1.82) is 0 Å². The molecule has 2 aromatic carbocycles. The second kappa shape index (κ2) is 6.89. The van der Waals surface area contributed by atoms with E-state index in [1.54, 1.807) is 7.11 Å². The summed E-state index contributed by atoms with van der Waals surface area (Å²) in [5, 5.41) is 0. The summed E-state index contributed by atoms with van der Waals surface area (Å²) in [5.74, 6) is 0.996. The number of piperazine rings is 1. The molecule has 1 amide bonds. The fourth-order valence-electron chi connectivity index (χ4n) is 3.97. The van der Waals surface area contributed by atoms with Gasteiger partial charge in [0.2, 0.25) is 0 Å². The number of rotatable bonds is 3. The molecule has 130 valence electrons. The molecule has 2 aliphatic heterocycles. The van der Waals surface area contributed by atoms with Crippen LogP contribution in [0.1, 0.15) is 23.2 Å². The summed E-state index contributed by atoms with van der Waals surface area (Å²) in [6, 6.07) is 16.5. The number of nitrogens with zero attached hydrogens (tertiary/aromatic N) is 2. The van der Waals surface area contributed by atoms with Gasteiger partial charge in [0, 0.05) is 31.2 Å². The van der Waals surface area contributed by atoms with Gasteiger partial charge in [0.25, 0.3) is 5.91 Å². The second-order valence-electron chi connectivity index (χ2n) is 6.89. The van der Waals surface area contributed by atoms with Crippen molar-refractivity contribution in [2.45, 2.75) is 18.9 Å². The van der Waals surface area contributed by atoms with E-state index in [1.165, 1.54) is 19.4 Å². The number of ether oxygens (including phenoxy) is 1. The Morgan fingerprint density at radius 2 is 1.88 bits per heavy atom. The number of amides is 1. The quantitative estimate of drug-likeness (QED) is 0.862. The third-order valence-electron chi connectivity index (χ3n) is 5.41. The van der Waals surface area contributed by atoms with E-state index in [0.29, 0.717) is 6.04 Å². The van der Waals surface area contributed by atoms with Crippen molar-refractivity contribution in [3.05, 3.63) is 54.1 Å². The van der Waals surface area contributed by atoms with E-state index in [4.69, 9.17) is 4.74 Å². The second-order valence-corrected chi connectivity index (χ2v) is 6.89. The first kappa shape index (κ1) is 16.2. The standard InChI is InChI=1S/C21H24N2O2/c1-25-20-6-2-4-18(14-20)16-7-9-17(10-8-16)21(24)23-13-12-22-11-3-5-19(22)15-23/h2,4,6-10,14,19H,3,5,11-13,15H2,1H3/t19-/m0/s1. The van der Waals surface area contributed by atoms with Crippen molar-refractivity contribution in [2.75, 3.05) is 33.3 Å². The summed E-state index contributed by atoms with van der Waals surface area (Å²) in [7, 11) is 1.67. The van der Waals surface area contributed by atoms with Crippen LogP contribution in [0.15, 0.2) is 48.5 Å². The SMILES string of the molecule is COc1cccc(-c2ccc(C(=O)N3CCN4CCC[C@H]4C3)cc2)c1. The molecule has 2 aromatic rings. The first-order valence-electron chi connectivity index (χ1n) is 9.02. The fourth-order valence-corrected chi connectivity index (χ4v) is 3.97. The topological polar surface area (TPSA) is 32.8 Å². The molecule has 2 fully saturated rings. The lowest BCUT2D eigenvalue weighted by Gasteiger charge is -2.37. The first-order chi connectivity index (χ1) is 12.2. The first-order valence-corrected chi connectivity index (χ1v) is 9.02. The molecular formula is C21H24N2O2. The highest BCUT2D eigenvalue weighted by molar-refractivity contribution is 5.94. The zero-order chi connectivity index (χ0) is 17.2. The van der Waals surface area contributed by atoms with Gasteiger partial charge < -0.3 is 9.64 Å². The van der Waals surface area contributed by atoms with Crippen LogP contribution in [-0.2, 0) is 0 Å². The van der Waals surface area contributed by atoms with Crippen molar-refractivity contribution < 1.29 is 9.53 Å². The van der Waals surface area contributed by atoms with Gasteiger partial charge in [0.05, 0.1) is 7.11 Å². The van der Waals surface area contributed by atoms with Crippen LogP contribution < -0.4 is 4.74 Å². The van der Waals surface area contributed by atoms with Crippen molar-refractivity contribution in [1.82, 2.24) is 9.80 Å². The molecule has 0 saturated carbocycles. The molecule has 2 heterocycles. The molecule has 0 spiro atoms. The minimum absolute atomic E-state index is 0.156. The Morgan fingerprint density at radius 3 is 2.68 bits per heavy atom. The van der Waals surface area contributed by atoms with Crippen molar-refractivity contribution in [3.8, 4) is 16.9 Å². The molecule has 0 N–H and O–H groups in total. The molecule has 0 radical (unpaired) electrons. The smallest absolute Gasteiger partial charge is 0.253 e. The van der Waals surface area contributed by atoms with E-state index in [9.17, 15) is 4.79 Å². The highest BCUT2D eigenvalue weighted by atomic mass is 16.5. The van der Waals surface area contributed by atoms with Crippen molar-refractivity contribution >= 4 is 5.91 Å². The Labute approximate surface area is 149 Å². The molecule has 0 unspecified atom stereocenters. The van der Waals surface area contributed by atoms with Gasteiger partial charge >= 0.3 is 0 Å². The van der Waals surface area contributed by atoms with Gasteiger partial charge in [0.15, 0.2) is 0 Å². The number of hydrogen-bond donors (Lipinski definition) is 0. The Morgan fingerprint density at radius 1 is 1.04 bits per heavy atom. The monoisotopic (exact) mass is 336 g/mol. The maximum atomic E-state index is 12.8. The van der Waals surface area contributed by atoms with Crippen LogP contribution in [0.25, 0.3) is 11.1 Å². The number of carbonyl (C=O) groups excluding carboxylic acids is 1. The minimum Gasteiger partial charge on any atom is -0.497 e. The fraction of sp³-hybridized carbons (Fsp3) is 0.381. The lowest BCUT2D eigenvalue weighted by atomic mass is 10.0. The molecule has 1 atom stereocenters. The van der Waals surface area contributed by atoms with E-state index in [1.807, 2.05) is 47.4 Å². The average molecular weight is 336 g/mol. The molecule has 0 bridgehead atoms. The van der Waals surface area contributed by atoms with E-state index < -0.39 is 0 Å². The number of hydrogen-bond acceptors (Lipinski definition) is 3. The van der Waals surface area contributed by atoms with Gasteiger partial charge in [-0.15, -0.1) is 0 Å². The predicted octanol–water partition coefficient (Wildman–Crippen LogP) is 3.28. The van der Waals surface area contributed by atoms with Gasteiger partial charge in [0.1, 0.15) is 5.75 Å². The van der Waals surface area contributed by atoms with Gasteiger partial charge in [-0.05, 0) is 54.8 Å². The van der Waals surface area contributed by atoms with Crippen LogP contribution in [0.2, 0.25) is 0 Å². The molecule has 4 rings (SSSR count). The lowest BCUT2D eigenvalue weighted by molar-refractivity contribution is 0.0571. The summed E-state index contributed by atoms with van der Waals surface area (Å²) >= 11 is 0. The number of benzene rings is 2. The summed E-state index contributed by atoms with van der Waals surface area (Å²) in [6.45, 7) is 3.92. The van der Waals surface area contributed by atoms with E-state index in [-0.39, 0.29) is 5.91 Å². The van der Waals surface area contributed by atoms with E-state index >= 15 is 0 Å². The molecular weight excluding hydrogens is 312 g/mol. The zero-order valence-corrected chi connectivity index (χ0v) is 14.6. The maximum Gasteiger partial charge on any atom is 0.253 e. The normalized spacial score (nSPS) is 20.4. The summed E-state index contributed by atoms with van der Waals surface area (Å²) < 4.78 is 5.29. The van der Waals surface area contributed by atoms with Crippen LogP contribution in [0.3, 0.4) is 0 Å². The molecule has 0 aliphatic carbocycles. The van der Waals surface area contributed by atoms with Crippen LogP contribution in [0.5, 0.6) is 5.75 Å². The van der Waals surface area contributed by atoms with Gasteiger partial charge in [-0.3, -0.25) is 9.69 Å². The largest absolute Gasteiger partial charge is 0.497 e. The Kier molecular flexibility index (Phi) is 4.45. The molecule has 4 heteroatoms. The average Bonchev–Trinajstić information content (AvgIpc) is 3.15. The number of carbonyl (C=O) groups is 1. The number of fused-ring (bicyclic) bond motifs is 1. The zero-order valence-electron chi connectivity index (χ0n) is 14.6. The molecule has 0 aromatic heterocycles.